The molecule has 0 radical (unpaired) electrons. The van der Waals surface area contributed by atoms with Crippen molar-refractivity contribution in [3.05, 3.63) is 29.8 Å². The average Bonchev–Trinajstić information content (AvgIpc) is 2.47. The van der Waals surface area contributed by atoms with E-state index in [0.29, 0.717) is 17.9 Å². The maximum Gasteiger partial charge on any atom is 0.137 e. The summed E-state index contributed by atoms with van der Waals surface area (Å²) in [6.07, 6.45) is 0.264. The smallest absolute Gasteiger partial charge is 0.137 e. The molecular formula is C16H23N3O2. The van der Waals surface area contributed by atoms with Crippen molar-refractivity contribution in [1.82, 2.24) is 9.80 Å². The van der Waals surface area contributed by atoms with E-state index < -0.39 is 0 Å². The van der Waals surface area contributed by atoms with E-state index in [4.69, 9.17) is 14.7 Å². The quantitative estimate of drug-likeness (QED) is 0.787. The predicted octanol–water partition coefficient (Wildman–Crippen LogP) is 1.20. The molecule has 1 aromatic rings. The fourth-order valence-corrected chi connectivity index (χ4v) is 2.47. The van der Waals surface area contributed by atoms with Gasteiger partial charge in [-0.15, -0.1) is 0 Å². The van der Waals surface area contributed by atoms with Gasteiger partial charge in [0.1, 0.15) is 18.4 Å². The van der Waals surface area contributed by atoms with Crippen LogP contribution in [0.3, 0.4) is 0 Å². The predicted molar refractivity (Wildman–Crippen MR) is 81.4 cm³/mol. The highest BCUT2D eigenvalue weighted by Gasteiger charge is 2.20. The van der Waals surface area contributed by atoms with Gasteiger partial charge in [-0.25, -0.2) is 0 Å². The summed E-state index contributed by atoms with van der Waals surface area (Å²) in [5.74, 6) is 0.665. The summed E-state index contributed by atoms with van der Waals surface area (Å²) in [6.45, 7) is 5.02. The minimum atomic E-state index is 0.264. The molecule has 1 atom stereocenters. The van der Waals surface area contributed by atoms with Crippen LogP contribution in [0.15, 0.2) is 24.3 Å². The number of morpholine rings is 1. The second kappa shape index (κ2) is 7.99. The van der Waals surface area contributed by atoms with Gasteiger partial charge in [-0.1, -0.05) is 12.1 Å². The summed E-state index contributed by atoms with van der Waals surface area (Å²) in [7, 11) is 4.12. The molecule has 0 aliphatic carbocycles. The Hall–Kier alpha value is -1.61. The van der Waals surface area contributed by atoms with E-state index >= 15 is 0 Å². The number of ether oxygens (including phenoxy) is 2. The molecule has 1 aliphatic rings. The van der Waals surface area contributed by atoms with Crippen LogP contribution < -0.4 is 4.74 Å². The molecule has 0 spiro atoms. The van der Waals surface area contributed by atoms with Crippen LogP contribution >= 0.6 is 0 Å². The third-order valence-electron chi connectivity index (χ3n) is 3.46. The zero-order valence-corrected chi connectivity index (χ0v) is 12.8. The van der Waals surface area contributed by atoms with Gasteiger partial charge in [0.25, 0.3) is 0 Å². The molecule has 1 aromatic carbocycles. The van der Waals surface area contributed by atoms with E-state index in [2.05, 4.69) is 30.0 Å². The number of benzene rings is 1. The van der Waals surface area contributed by atoms with Gasteiger partial charge in [-0.3, -0.25) is 4.90 Å². The molecule has 0 bridgehead atoms. The summed E-state index contributed by atoms with van der Waals surface area (Å²) < 4.78 is 11.5. The first-order valence-electron chi connectivity index (χ1n) is 7.29. The van der Waals surface area contributed by atoms with Crippen LogP contribution in [0.1, 0.15) is 5.56 Å². The first-order valence-corrected chi connectivity index (χ1v) is 7.29. The molecule has 1 heterocycles. The molecule has 0 saturated carbocycles. The maximum atomic E-state index is 9.02. The summed E-state index contributed by atoms with van der Waals surface area (Å²) >= 11 is 0. The van der Waals surface area contributed by atoms with E-state index in [1.807, 2.05) is 18.2 Å². The van der Waals surface area contributed by atoms with Crippen LogP contribution in [0.25, 0.3) is 0 Å². The molecule has 114 valence electrons. The van der Waals surface area contributed by atoms with Crippen molar-refractivity contribution in [2.75, 3.05) is 53.5 Å². The first-order chi connectivity index (χ1) is 10.2. The summed E-state index contributed by atoms with van der Waals surface area (Å²) in [5, 5.41) is 9.02. The Kier molecular flexibility index (Phi) is 6.00. The lowest BCUT2D eigenvalue weighted by atomic mass is 10.2. The monoisotopic (exact) mass is 289 g/mol. The molecule has 1 aliphatic heterocycles. The number of hydrogen-bond donors (Lipinski definition) is 0. The molecule has 0 N–H and O–H groups in total. The molecule has 5 heteroatoms. The lowest BCUT2D eigenvalue weighted by Gasteiger charge is -2.34. The molecule has 1 saturated heterocycles. The maximum absolute atomic E-state index is 9.02. The van der Waals surface area contributed by atoms with Crippen LogP contribution in [-0.2, 0) is 4.74 Å². The van der Waals surface area contributed by atoms with E-state index in [9.17, 15) is 0 Å². The lowest BCUT2D eigenvalue weighted by molar-refractivity contribution is -0.0405. The van der Waals surface area contributed by atoms with Gasteiger partial charge >= 0.3 is 0 Å². The Bertz CT molecular complexity index is 485. The van der Waals surface area contributed by atoms with E-state index in [1.165, 1.54) is 0 Å². The SMILES string of the molecule is CN(C)C[C@@H]1CN(CCOc2ccccc2C#N)CCO1. The second-order valence-corrected chi connectivity index (χ2v) is 5.51. The molecule has 5 nitrogen and oxygen atoms in total. The van der Waals surface area contributed by atoms with Crippen molar-refractivity contribution in [3.63, 3.8) is 0 Å². The average molecular weight is 289 g/mol. The Labute approximate surface area is 126 Å². The first kappa shape index (κ1) is 15.8. The second-order valence-electron chi connectivity index (χ2n) is 5.51. The van der Waals surface area contributed by atoms with Gasteiger partial charge < -0.3 is 14.4 Å². The van der Waals surface area contributed by atoms with Gasteiger partial charge in [-0.2, -0.15) is 5.26 Å². The van der Waals surface area contributed by atoms with E-state index in [1.54, 1.807) is 6.07 Å². The van der Waals surface area contributed by atoms with Gasteiger partial charge in [0.05, 0.1) is 18.3 Å². The number of likely N-dealkylation sites (N-methyl/N-ethyl adjacent to an activating group) is 1. The van der Waals surface area contributed by atoms with E-state index in [-0.39, 0.29) is 6.10 Å². The highest BCUT2D eigenvalue weighted by atomic mass is 16.5. The van der Waals surface area contributed by atoms with Gasteiger partial charge in [-0.05, 0) is 26.2 Å². The third-order valence-corrected chi connectivity index (χ3v) is 3.46. The minimum Gasteiger partial charge on any atom is -0.491 e. The fourth-order valence-electron chi connectivity index (χ4n) is 2.47. The normalized spacial score (nSPS) is 19.4. The van der Waals surface area contributed by atoms with Gasteiger partial charge in [0.2, 0.25) is 0 Å². The topological polar surface area (TPSA) is 48.7 Å². The summed E-state index contributed by atoms with van der Waals surface area (Å²) in [6, 6.07) is 9.50. The lowest BCUT2D eigenvalue weighted by Crippen LogP contribution is -2.47. The number of para-hydroxylation sites is 1. The third kappa shape index (κ3) is 5.01. The number of rotatable bonds is 6. The molecule has 2 rings (SSSR count). The molecular weight excluding hydrogens is 266 g/mol. The number of nitrogens with zero attached hydrogens (tertiary/aromatic N) is 3. The fraction of sp³-hybridized carbons (Fsp3) is 0.562. The molecule has 21 heavy (non-hydrogen) atoms. The highest BCUT2D eigenvalue weighted by Crippen LogP contribution is 2.16. The Balaban J connectivity index is 1.77. The van der Waals surface area contributed by atoms with Crippen molar-refractivity contribution >= 4 is 0 Å². The molecule has 1 fully saturated rings. The Morgan fingerprint density at radius 2 is 2.24 bits per heavy atom. The Morgan fingerprint density at radius 1 is 1.43 bits per heavy atom. The Morgan fingerprint density at radius 3 is 3.00 bits per heavy atom. The van der Waals surface area contributed by atoms with Crippen molar-refractivity contribution < 1.29 is 9.47 Å². The molecule has 0 amide bonds. The zero-order valence-electron chi connectivity index (χ0n) is 12.8. The minimum absolute atomic E-state index is 0.264. The van der Waals surface area contributed by atoms with Crippen LogP contribution in [0.4, 0.5) is 0 Å². The van der Waals surface area contributed by atoms with E-state index in [0.717, 1.165) is 32.8 Å². The highest BCUT2D eigenvalue weighted by molar-refractivity contribution is 5.42. The van der Waals surface area contributed by atoms with Crippen molar-refractivity contribution in [1.29, 1.82) is 5.26 Å². The largest absolute Gasteiger partial charge is 0.491 e. The standard InChI is InChI=1S/C16H23N3O2/c1-18(2)12-15-13-19(7-9-20-15)8-10-21-16-6-4-3-5-14(16)11-17/h3-6,15H,7-10,12-13H2,1-2H3/t15-/m1/s1. The molecule has 0 aromatic heterocycles. The zero-order chi connectivity index (χ0) is 15.1. The summed E-state index contributed by atoms with van der Waals surface area (Å²) in [5.41, 5.74) is 0.588. The van der Waals surface area contributed by atoms with Crippen molar-refractivity contribution in [3.8, 4) is 11.8 Å². The molecule has 0 unspecified atom stereocenters. The van der Waals surface area contributed by atoms with Crippen LogP contribution in [0.2, 0.25) is 0 Å². The van der Waals surface area contributed by atoms with Crippen molar-refractivity contribution in [2.24, 2.45) is 0 Å². The van der Waals surface area contributed by atoms with Crippen LogP contribution in [-0.4, -0.2) is 69.4 Å². The number of hydrogen-bond acceptors (Lipinski definition) is 5. The van der Waals surface area contributed by atoms with Gasteiger partial charge in [0, 0.05) is 26.2 Å². The van der Waals surface area contributed by atoms with Crippen molar-refractivity contribution in [2.45, 2.75) is 6.10 Å². The van der Waals surface area contributed by atoms with Crippen LogP contribution in [0, 0.1) is 11.3 Å². The number of nitriles is 1. The summed E-state index contributed by atoms with van der Waals surface area (Å²) in [4.78, 5) is 4.50. The van der Waals surface area contributed by atoms with Gasteiger partial charge in [0.15, 0.2) is 0 Å². The van der Waals surface area contributed by atoms with Crippen LogP contribution in [0.5, 0.6) is 5.75 Å².